The molecule has 1 heteroatoms. The SMILES string of the molecule is NCC1C#CCC1. The Morgan fingerprint density at radius 2 is 2.57 bits per heavy atom. The van der Waals surface area contributed by atoms with Gasteiger partial charge in [-0.1, -0.05) is 5.92 Å². The summed E-state index contributed by atoms with van der Waals surface area (Å²) in [6.45, 7) is 0.743. The zero-order chi connectivity index (χ0) is 5.11. The normalized spacial score (nSPS) is 26.7. The Labute approximate surface area is 43.9 Å². The quantitative estimate of drug-likeness (QED) is 0.467. The van der Waals surface area contributed by atoms with E-state index in [0.29, 0.717) is 5.92 Å². The summed E-state index contributed by atoms with van der Waals surface area (Å²) in [5.41, 5.74) is 5.33. The highest BCUT2D eigenvalue weighted by Gasteiger charge is 2.03. The summed E-state index contributed by atoms with van der Waals surface area (Å²) in [4.78, 5) is 0. The van der Waals surface area contributed by atoms with Gasteiger partial charge < -0.3 is 5.73 Å². The Morgan fingerprint density at radius 1 is 1.71 bits per heavy atom. The highest BCUT2D eigenvalue weighted by molar-refractivity contribution is 5.10. The highest BCUT2D eigenvalue weighted by atomic mass is 14.5. The second-order valence-corrected chi connectivity index (χ2v) is 1.79. The fraction of sp³-hybridized carbons (Fsp3) is 0.667. The molecule has 38 valence electrons. The molecule has 2 N–H and O–H groups in total. The molecular weight excluding hydrogens is 86.1 g/mol. The van der Waals surface area contributed by atoms with Gasteiger partial charge in [0.05, 0.1) is 0 Å². The van der Waals surface area contributed by atoms with Crippen molar-refractivity contribution >= 4 is 0 Å². The summed E-state index contributed by atoms with van der Waals surface area (Å²) in [6.07, 6.45) is 2.22. The Hall–Kier alpha value is -0.480. The summed E-state index contributed by atoms with van der Waals surface area (Å²) < 4.78 is 0. The monoisotopic (exact) mass is 95.1 g/mol. The van der Waals surface area contributed by atoms with Gasteiger partial charge in [-0.2, -0.15) is 0 Å². The van der Waals surface area contributed by atoms with Crippen LogP contribution in [-0.4, -0.2) is 6.54 Å². The maximum absolute atomic E-state index is 5.33. The molecule has 0 heterocycles. The minimum atomic E-state index is 0.514. The van der Waals surface area contributed by atoms with Crippen LogP contribution in [0, 0.1) is 17.8 Å². The van der Waals surface area contributed by atoms with E-state index in [2.05, 4.69) is 11.8 Å². The Bertz CT molecular complexity index is 107. The lowest BCUT2D eigenvalue weighted by molar-refractivity contribution is 0.657. The molecule has 0 spiro atoms. The molecule has 1 atom stereocenters. The first kappa shape index (κ1) is 4.67. The number of nitrogens with two attached hydrogens (primary N) is 1. The predicted octanol–water partition coefficient (Wildman–Crippen LogP) is 0.359. The summed E-state index contributed by atoms with van der Waals surface area (Å²) in [5.74, 6) is 6.54. The third-order valence-corrected chi connectivity index (χ3v) is 1.21. The fourth-order valence-electron chi connectivity index (χ4n) is 0.712. The second kappa shape index (κ2) is 1.99. The van der Waals surface area contributed by atoms with Crippen LogP contribution in [0.2, 0.25) is 0 Å². The molecule has 0 bridgehead atoms. The molecule has 0 aromatic heterocycles. The van der Waals surface area contributed by atoms with Crippen LogP contribution in [-0.2, 0) is 0 Å². The van der Waals surface area contributed by atoms with Gasteiger partial charge in [0.25, 0.3) is 0 Å². The molecule has 7 heavy (non-hydrogen) atoms. The molecule has 1 rings (SSSR count). The van der Waals surface area contributed by atoms with E-state index in [9.17, 15) is 0 Å². The average molecular weight is 95.1 g/mol. The van der Waals surface area contributed by atoms with Crippen LogP contribution in [0.1, 0.15) is 12.8 Å². The van der Waals surface area contributed by atoms with Crippen LogP contribution in [0.4, 0.5) is 0 Å². The van der Waals surface area contributed by atoms with E-state index in [-0.39, 0.29) is 0 Å². The molecule has 0 saturated carbocycles. The van der Waals surface area contributed by atoms with Gasteiger partial charge in [0.2, 0.25) is 0 Å². The van der Waals surface area contributed by atoms with Gasteiger partial charge in [-0.25, -0.2) is 0 Å². The maximum atomic E-state index is 5.33. The van der Waals surface area contributed by atoms with Gasteiger partial charge in [0, 0.05) is 18.9 Å². The van der Waals surface area contributed by atoms with Crippen LogP contribution < -0.4 is 5.73 Å². The van der Waals surface area contributed by atoms with Crippen LogP contribution in [0.25, 0.3) is 0 Å². The summed E-state index contributed by atoms with van der Waals surface area (Å²) >= 11 is 0. The molecular formula is C6H9N. The predicted molar refractivity (Wildman–Crippen MR) is 29.6 cm³/mol. The molecule has 1 aliphatic carbocycles. The Balaban J connectivity index is 2.33. The number of hydrogen-bond acceptors (Lipinski definition) is 1. The van der Waals surface area contributed by atoms with Gasteiger partial charge in [0.1, 0.15) is 0 Å². The van der Waals surface area contributed by atoms with E-state index in [1.54, 1.807) is 0 Å². The van der Waals surface area contributed by atoms with Crippen molar-refractivity contribution in [3.05, 3.63) is 0 Å². The zero-order valence-electron chi connectivity index (χ0n) is 4.28. The lowest BCUT2D eigenvalue weighted by atomic mass is 10.1. The van der Waals surface area contributed by atoms with Crippen molar-refractivity contribution in [2.75, 3.05) is 6.54 Å². The molecule has 0 aromatic carbocycles. The van der Waals surface area contributed by atoms with Crippen LogP contribution in [0.15, 0.2) is 0 Å². The summed E-state index contributed by atoms with van der Waals surface area (Å²) in [7, 11) is 0. The average Bonchev–Trinajstić information content (AvgIpc) is 2.14. The molecule has 0 fully saturated rings. The van der Waals surface area contributed by atoms with Gasteiger partial charge >= 0.3 is 0 Å². The smallest absolute Gasteiger partial charge is 0.0334 e. The molecule has 1 unspecified atom stereocenters. The van der Waals surface area contributed by atoms with Crippen LogP contribution >= 0.6 is 0 Å². The van der Waals surface area contributed by atoms with Crippen molar-refractivity contribution < 1.29 is 0 Å². The summed E-state index contributed by atoms with van der Waals surface area (Å²) in [5, 5.41) is 0. The van der Waals surface area contributed by atoms with Crippen molar-refractivity contribution in [2.45, 2.75) is 12.8 Å². The largest absolute Gasteiger partial charge is 0.329 e. The van der Waals surface area contributed by atoms with Crippen molar-refractivity contribution in [3.63, 3.8) is 0 Å². The molecule has 1 nitrogen and oxygen atoms in total. The fourth-order valence-corrected chi connectivity index (χ4v) is 0.712. The third-order valence-electron chi connectivity index (χ3n) is 1.21. The minimum Gasteiger partial charge on any atom is -0.329 e. The van der Waals surface area contributed by atoms with E-state index < -0.39 is 0 Å². The lowest BCUT2D eigenvalue weighted by Gasteiger charge is -1.95. The van der Waals surface area contributed by atoms with Crippen molar-refractivity contribution in [3.8, 4) is 11.8 Å². The third kappa shape index (κ3) is 0.942. The zero-order valence-corrected chi connectivity index (χ0v) is 4.28. The van der Waals surface area contributed by atoms with Crippen LogP contribution in [0.3, 0.4) is 0 Å². The standard InChI is InChI=1S/C6H9N/c7-5-6-3-1-2-4-6/h6H,1,3,5,7H2. The molecule has 1 aliphatic rings. The van der Waals surface area contributed by atoms with E-state index in [1.165, 1.54) is 0 Å². The Morgan fingerprint density at radius 3 is 2.86 bits per heavy atom. The first-order valence-electron chi connectivity index (χ1n) is 2.62. The Kier molecular flexibility index (Phi) is 1.33. The molecule has 0 aromatic rings. The van der Waals surface area contributed by atoms with E-state index in [4.69, 9.17) is 5.73 Å². The number of hydrogen-bond donors (Lipinski definition) is 1. The van der Waals surface area contributed by atoms with Crippen molar-refractivity contribution in [1.29, 1.82) is 0 Å². The van der Waals surface area contributed by atoms with Crippen molar-refractivity contribution in [2.24, 2.45) is 11.7 Å². The van der Waals surface area contributed by atoms with Crippen LogP contribution in [0.5, 0.6) is 0 Å². The van der Waals surface area contributed by atoms with Gasteiger partial charge in [-0.05, 0) is 6.42 Å². The topological polar surface area (TPSA) is 26.0 Å². The molecule has 0 saturated heterocycles. The van der Waals surface area contributed by atoms with E-state index >= 15 is 0 Å². The van der Waals surface area contributed by atoms with Gasteiger partial charge in [-0.15, -0.1) is 5.92 Å². The number of rotatable bonds is 1. The first-order valence-corrected chi connectivity index (χ1v) is 2.62. The van der Waals surface area contributed by atoms with Gasteiger partial charge in [0.15, 0.2) is 0 Å². The summed E-state index contributed by atoms with van der Waals surface area (Å²) in [6, 6.07) is 0. The second-order valence-electron chi connectivity index (χ2n) is 1.79. The first-order chi connectivity index (χ1) is 3.43. The molecule has 0 aliphatic heterocycles. The lowest BCUT2D eigenvalue weighted by Crippen LogP contribution is -2.09. The molecule has 0 amide bonds. The minimum absolute atomic E-state index is 0.514. The van der Waals surface area contributed by atoms with Crippen molar-refractivity contribution in [1.82, 2.24) is 0 Å². The van der Waals surface area contributed by atoms with E-state index in [1.807, 2.05) is 0 Å². The highest BCUT2D eigenvalue weighted by Crippen LogP contribution is 2.07. The van der Waals surface area contributed by atoms with Gasteiger partial charge in [-0.3, -0.25) is 0 Å². The molecule has 0 radical (unpaired) electrons. The maximum Gasteiger partial charge on any atom is 0.0334 e. The van der Waals surface area contributed by atoms with E-state index in [0.717, 1.165) is 19.4 Å².